The van der Waals surface area contributed by atoms with Crippen molar-refractivity contribution in [2.24, 2.45) is 0 Å². The Bertz CT molecular complexity index is 1060. The number of hydrogen-bond donors (Lipinski definition) is 1. The third kappa shape index (κ3) is 6.24. The molecule has 12 heteroatoms. The van der Waals surface area contributed by atoms with Crippen LogP contribution in [-0.2, 0) is 26.0 Å². The molecule has 1 aromatic carbocycles. The molecule has 0 aliphatic heterocycles. The van der Waals surface area contributed by atoms with E-state index in [0.717, 1.165) is 23.8 Å². The minimum Gasteiger partial charge on any atom is -0.477 e. The van der Waals surface area contributed by atoms with Gasteiger partial charge in [0, 0.05) is 32.3 Å². The van der Waals surface area contributed by atoms with Gasteiger partial charge in [-0.15, -0.1) is 41.0 Å². The monoisotopic (exact) mass is 660 g/mol. The van der Waals surface area contributed by atoms with Gasteiger partial charge in [0.15, 0.2) is 0 Å². The van der Waals surface area contributed by atoms with Crippen molar-refractivity contribution in [3.63, 3.8) is 0 Å². The molecule has 34 heavy (non-hydrogen) atoms. The van der Waals surface area contributed by atoms with Gasteiger partial charge in [-0.1, -0.05) is 25.3 Å². The molecule has 2 aromatic heterocycles. The second kappa shape index (κ2) is 11.6. The number of carboxylic acids is 1. The van der Waals surface area contributed by atoms with Crippen molar-refractivity contribution in [1.29, 1.82) is 0 Å². The summed E-state index contributed by atoms with van der Waals surface area (Å²) in [5.74, 6) is -7.38. The van der Waals surface area contributed by atoms with Gasteiger partial charge in [0.05, 0.1) is 5.82 Å². The SMILES string of the molecule is FC(F)(F)C(F)(F)c1nnc(-c2[c-]cccc2)n1C1CCCCC1.O=C(O)c1ccccn1.[Ir]. The molecule has 1 N–H and O–H groups in total. The Morgan fingerprint density at radius 3 is 2.18 bits per heavy atom. The third-order valence-corrected chi connectivity index (χ3v) is 5.11. The van der Waals surface area contributed by atoms with Crippen molar-refractivity contribution in [1.82, 2.24) is 19.7 Å². The van der Waals surface area contributed by atoms with Crippen LogP contribution in [0.5, 0.6) is 0 Å². The topological polar surface area (TPSA) is 80.9 Å². The largest absolute Gasteiger partial charge is 0.477 e. The van der Waals surface area contributed by atoms with Crippen LogP contribution in [0.4, 0.5) is 22.0 Å². The zero-order chi connectivity index (χ0) is 24.1. The predicted octanol–water partition coefficient (Wildman–Crippen LogP) is 5.68. The fraction of sp³-hybridized carbons (Fsp3) is 0.364. The summed E-state index contributed by atoms with van der Waals surface area (Å²) in [4.78, 5) is 13.7. The number of pyridine rings is 1. The second-order valence-corrected chi connectivity index (χ2v) is 7.38. The van der Waals surface area contributed by atoms with Gasteiger partial charge in [-0.2, -0.15) is 27.1 Å². The molecule has 0 unspecified atom stereocenters. The molecular formula is C22H20F5IrN4O2-. The first-order valence-corrected chi connectivity index (χ1v) is 10.1. The van der Waals surface area contributed by atoms with Crippen molar-refractivity contribution < 1.29 is 52.0 Å². The maximum absolute atomic E-state index is 13.9. The molecule has 1 saturated carbocycles. The van der Waals surface area contributed by atoms with E-state index in [1.165, 1.54) is 12.3 Å². The van der Waals surface area contributed by atoms with E-state index in [-0.39, 0.29) is 31.6 Å². The van der Waals surface area contributed by atoms with Gasteiger partial charge in [-0.05, 0) is 25.0 Å². The number of aromatic carboxylic acids is 1. The Labute approximate surface area is 205 Å². The molecular weight excluding hydrogens is 639 g/mol. The van der Waals surface area contributed by atoms with Gasteiger partial charge in [-0.25, -0.2) is 9.78 Å². The molecule has 1 aliphatic rings. The zero-order valence-electron chi connectivity index (χ0n) is 17.6. The van der Waals surface area contributed by atoms with Crippen LogP contribution in [0.15, 0.2) is 48.7 Å². The summed E-state index contributed by atoms with van der Waals surface area (Å²) < 4.78 is 67.4. The summed E-state index contributed by atoms with van der Waals surface area (Å²) in [5, 5.41) is 15.2. The molecule has 1 fully saturated rings. The zero-order valence-corrected chi connectivity index (χ0v) is 20.0. The Balaban J connectivity index is 0.000000345. The molecule has 0 atom stereocenters. The van der Waals surface area contributed by atoms with Crippen LogP contribution in [0.2, 0.25) is 0 Å². The van der Waals surface area contributed by atoms with Crippen LogP contribution in [0.25, 0.3) is 11.4 Å². The molecule has 0 bridgehead atoms. The van der Waals surface area contributed by atoms with Crippen LogP contribution < -0.4 is 0 Å². The van der Waals surface area contributed by atoms with E-state index in [4.69, 9.17) is 5.11 Å². The van der Waals surface area contributed by atoms with Gasteiger partial charge >= 0.3 is 18.1 Å². The average Bonchev–Trinajstić information content (AvgIpc) is 3.26. The number of carbonyl (C=O) groups is 1. The maximum Gasteiger partial charge on any atom is 0.461 e. The minimum absolute atomic E-state index is 0. The normalized spacial score (nSPS) is 14.5. The number of aromatic nitrogens is 4. The molecule has 0 saturated heterocycles. The summed E-state index contributed by atoms with van der Waals surface area (Å²) in [5.41, 5.74) is 0.428. The minimum atomic E-state index is -5.72. The van der Waals surface area contributed by atoms with Crippen molar-refractivity contribution in [2.45, 2.75) is 50.2 Å². The van der Waals surface area contributed by atoms with E-state index in [1.54, 1.807) is 36.4 Å². The van der Waals surface area contributed by atoms with Crippen molar-refractivity contribution in [3.8, 4) is 11.4 Å². The molecule has 3 aromatic rings. The Morgan fingerprint density at radius 1 is 1.00 bits per heavy atom. The van der Waals surface area contributed by atoms with Crippen LogP contribution in [0, 0.1) is 6.07 Å². The van der Waals surface area contributed by atoms with Crippen LogP contribution >= 0.6 is 0 Å². The summed E-state index contributed by atoms with van der Waals surface area (Å²) in [6.45, 7) is 0. The fourth-order valence-corrected chi connectivity index (χ4v) is 3.52. The van der Waals surface area contributed by atoms with E-state index >= 15 is 0 Å². The first-order chi connectivity index (χ1) is 15.6. The molecule has 1 radical (unpaired) electrons. The predicted molar refractivity (Wildman–Crippen MR) is 108 cm³/mol. The Morgan fingerprint density at radius 2 is 1.68 bits per heavy atom. The van der Waals surface area contributed by atoms with E-state index in [0.29, 0.717) is 18.4 Å². The quantitative estimate of drug-likeness (QED) is 0.288. The number of benzene rings is 1. The molecule has 6 nitrogen and oxygen atoms in total. The van der Waals surface area contributed by atoms with Gasteiger partial charge in [0.2, 0.25) is 5.82 Å². The van der Waals surface area contributed by atoms with Gasteiger partial charge in [-0.3, -0.25) is 0 Å². The van der Waals surface area contributed by atoms with Gasteiger partial charge in [0.25, 0.3) is 0 Å². The molecule has 1 aliphatic carbocycles. The number of hydrogen-bond acceptors (Lipinski definition) is 4. The van der Waals surface area contributed by atoms with Gasteiger partial charge < -0.3 is 9.67 Å². The van der Waals surface area contributed by atoms with E-state index < -0.39 is 29.9 Å². The maximum atomic E-state index is 13.9. The Kier molecular flexibility index (Phi) is 9.40. The fourth-order valence-electron chi connectivity index (χ4n) is 3.52. The number of nitrogens with zero attached hydrogens (tertiary/aromatic N) is 4. The van der Waals surface area contributed by atoms with E-state index in [2.05, 4.69) is 21.2 Å². The Hall–Kier alpha value is -2.72. The van der Waals surface area contributed by atoms with Crippen LogP contribution in [0.1, 0.15) is 54.5 Å². The molecule has 2 heterocycles. The number of rotatable bonds is 4. The molecule has 0 spiro atoms. The van der Waals surface area contributed by atoms with Crippen LogP contribution in [-0.4, -0.2) is 37.0 Å². The van der Waals surface area contributed by atoms with Crippen molar-refractivity contribution >= 4 is 5.97 Å². The summed E-state index contributed by atoms with van der Waals surface area (Å²) in [7, 11) is 0. The molecule has 0 amide bonds. The van der Waals surface area contributed by atoms with Crippen LogP contribution in [0.3, 0.4) is 0 Å². The average molecular weight is 660 g/mol. The van der Waals surface area contributed by atoms with E-state index in [1.807, 2.05) is 0 Å². The van der Waals surface area contributed by atoms with E-state index in [9.17, 15) is 26.7 Å². The van der Waals surface area contributed by atoms with Crippen molar-refractivity contribution in [2.75, 3.05) is 0 Å². The van der Waals surface area contributed by atoms with Gasteiger partial charge in [0.1, 0.15) is 5.69 Å². The first kappa shape index (κ1) is 27.5. The first-order valence-electron chi connectivity index (χ1n) is 10.1. The number of halogens is 5. The molecule has 185 valence electrons. The summed E-state index contributed by atoms with van der Waals surface area (Å²) >= 11 is 0. The summed E-state index contributed by atoms with van der Waals surface area (Å²) in [6, 6.07) is 13.5. The standard InChI is InChI=1S/C16H15F5N3.C6H5NO2.Ir/c17-15(18,16(19,20)21)14-23-22-13(11-7-3-1-4-8-11)24(14)12-9-5-2-6-10-12;8-6(9)5-3-1-2-4-7-5;/h1,3-4,7,12H,2,5-6,9-10H2;1-4H,(H,8,9);/q-1;;. The third-order valence-electron chi connectivity index (χ3n) is 5.11. The van der Waals surface area contributed by atoms with Crippen molar-refractivity contribution in [3.05, 3.63) is 66.2 Å². The molecule has 4 rings (SSSR count). The number of alkyl halides is 5. The number of carboxylic acid groups (broad SMARTS) is 1. The summed E-state index contributed by atoms with van der Waals surface area (Å²) in [6.07, 6.45) is -0.725. The second-order valence-electron chi connectivity index (χ2n) is 7.38. The smallest absolute Gasteiger partial charge is 0.461 e.